The van der Waals surface area contributed by atoms with Crippen LogP contribution in [0.3, 0.4) is 0 Å². The van der Waals surface area contributed by atoms with Gasteiger partial charge in [-0.25, -0.2) is 4.79 Å². The van der Waals surface area contributed by atoms with Gasteiger partial charge < -0.3 is 9.40 Å². The summed E-state index contributed by atoms with van der Waals surface area (Å²) in [4.78, 5) is 40.2. The van der Waals surface area contributed by atoms with Crippen molar-refractivity contribution in [2.45, 2.75) is 39.2 Å². The second-order valence-electron chi connectivity index (χ2n) is 5.27. The summed E-state index contributed by atoms with van der Waals surface area (Å²) in [6.07, 6.45) is 4.31. The molecule has 0 radical (unpaired) electrons. The largest absolute Gasteiger partial charge is 0.355 e. The number of hydroxylamine groups is 2. The molecular formula is C14H18N2O4. The van der Waals surface area contributed by atoms with E-state index in [1.807, 2.05) is 26.0 Å². The van der Waals surface area contributed by atoms with E-state index in [0.29, 0.717) is 11.5 Å². The molecule has 1 fully saturated rings. The van der Waals surface area contributed by atoms with Crippen LogP contribution >= 0.6 is 0 Å². The standard InChI is InChI=1S/C14H18N2O4/c1-10(2)9-11(15-7-3-4-8-15)14(19)20-16-12(17)5-6-13(16)18/h3-4,7-8,10-11H,5-6,9H2,1-2H3. The van der Waals surface area contributed by atoms with Crippen molar-refractivity contribution in [2.24, 2.45) is 5.92 Å². The van der Waals surface area contributed by atoms with E-state index in [1.165, 1.54) is 0 Å². The Morgan fingerprint density at radius 2 is 1.75 bits per heavy atom. The molecule has 0 N–H and O–H groups in total. The third-order valence-electron chi connectivity index (χ3n) is 3.14. The lowest BCUT2D eigenvalue weighted by Crippen LogP contribution is -2.35. The van der Waals surface area contributed by atoms with E-state index in [1.54, 1.807) is 17.0 Å². The highest BCUT2D eigenvalue weighted by molar-refractivity contribution is 6.01. The monoisotopic (exact) mass is 278 g/mol. The van der Waals surface area contributed by atoms with Crippen molar-refractivity contribution in [3.63, 3.8) is 0 Å². The zero-order chi connectivity index (χ0) is 14.7. The van der Waals surface area contributed by atoms with Gasteiger partial charge >= 0.3 is 5.97 Å². The predicted octanol–water partition coefficient (Wildman–Crippen LogP) is 1.68. The van der Waals surface area contributed by atoms with Crippen molar-refractivity contribution >= 4 is 17.8 Å². The summed E-state index contributed by atoms with van der Waals surface area (Å²) < 4.78 is 1.73. The summed E-state index contributed by atoms with van der Waals surface area (Å²) in [5, 5.41) is 0.596. The van der Waals surface area contributed by atoms with Crippen LogP contribution in [0.15, 0.2) is 24.5 Å². The van der Waals surface area contributed by atoms with Crippen molar-refractivity contribution in [1.29, 1.82) is 0 Å². The van der Waals surface area contributed by atoms with Gasteiger partial charge in [0.1, 0.15) is 6.04 Å². The number of imide groups is 1. The lowest BCUT2D eigenvalue weighted by molar-refractivity contribution is -0.200. The highest BCUT2D eigenvalue weighted by Gasteiger charge is 2.35. The number of carbonyl (C=O) groups excluding carboxylic acids is 3. The zero-order valence-electron chi connectivity index (χ0n) is 11.6. The van der Waals surface area contributed by atoms with Gasteiger partial charge in [0.25, 0.3) is 11.8 Å². The number of hydrogen-bond donors (Lipinski definition) is 0. The Kier molecular flexibility index (Phi) is 4.22. The van der Waals surface area contributed by atoms with Gasteiger partial charge in [-0.1, -0.05) is 13.8 Å². The van der Waals surface area contributed by atoms with Crippen molar-refractivity contribution < 1.29 is 19.2 Å². The smallest absolute Gasteiger partial charge is 0.340 e. The molecule has 0 saturated carbocycles. The van der Waals surface area contributed by atoms with Gasteiger partial charge in [0, 0.05) is 25.2 Å². The summed E-state index contributed by atoms with van der Waals surface area (Å²) in [5.41, 5.74) is 0. The maximum atomic E-state index is 12.2. The van der Waals surface area contributed by atoms with Gasteiger partial charge in [0.05, 0.1) is 0 Å². The second-order valence-corrected chi connectivity index (χ2v) is 5.27. The molecule has 1 atom stereocenters. The van der Waals surface area contributed by atoms with E-state index in [9.17, 15) is 14.4 Å². The molecule has 0 aromatic carbocycles. The highest BCUT2D eigenvalue weighted by Crippen LogP contribution is 2.22. The molecule has 6 heteroatoms. The second kappa shape index (κ2) is 5.90. The number of hydrogen-bond acceptors (Lipinski definition) is 4. The van der Waals surface area contributed by atoms with Gasteiger partial charge in [-0.05, 0) is 24.5 Å². The fourth-order valence-corrected chi connectivity index (χ4v) is 2.15. The van der Waals surface area contributed by atoms with E-state index in [4.69, 9.17) is 4.84 Å². The molecule has 1 aromatic heterocycles. The first kappa shape index (κ1) is 14.3. The fourth-order valence-electron chi connectivity index (χ4n) is 2.15. The van der Waals surface area contributed by atoms with Gasteiger partial charge in [-0.3, -0.25) is 9.59 Å². The molecule has 0 aliphatic carbocycles. The van der Waals surface area contributed by atoms with E-state index in [-0.39, 0.29) is 18.8 Å². The molecule has 1 saturated heterocycles. The Morgan fingerprint density at radius 3 is 2.25 bits per heavy atom. The maximum Gasteiger partial charge on any atom is 0.355 e. The van der Waals surface area contributed by atoms with Crippen molar-refractivity contribution in [1.82, 2.24) is 9.63 Å². The quantitative estimate of drug-likeness (QED) is 0.768. The first-order valence-electron chi connectivity index (χ1n) is 6.69. The molecule has 6 nitrogen and oxygen atoms in total. The maximum absolute atomic E-state index is 12.2. The molecular weight excluding hydrogens is 260 g/mol. The van der Waals surface area contributed by atoms with E-state index in [2.05, 4.69) is 0 Å². The number of aromatic nitrogens is 1. The Bertz CT molecular complexity index is 491. The normalized spacial score (nSPS) is 16.9. The Balaban J connectivity index is 2.11. The summed E-state index contributed by atoms with van der Waals surface area (Å²) in [7, 11) is 0. The third kappa shape index (κ3) is 3.07. The minimum Gasteiger partial charge on any atom is -0.340 e. The Morgan fingerprint density at radius 1 is 1.20 bits per heavy atom. The molecule has 2 rings (SSSR count). The SMILES string of the molecule is CC(C)CC(C(=O)ON1C(=O)CCC1=O)n1cccc1. The first-order valence-corrected chi connectivity index (χ1v) is 6.69. The molecule has 108 valence electrons. The molecule has 1 unspecified atom stereocenters. The van der Waals surface area contributed by atoms with Crippen molar-refractivity contribution in [3.8, 4) is 0 Å². The van der Waals surface area contributed by atoms with E-state index >= 15 is 0 Å². The van der Waals surface area contributed by atoms with Crippen LogP contribution in [0.1, 0.15) is 39.2 Å². The fraction of sp³-hybridized carbons (Fsp3) is 0.500. The summed E-state index contributed by atoms with van der Waals surface area (Å²) in [6.45, 7) is 3.99. The van der Waals surface area contributed by atoms with E-state index < -0.39 is 23.8 Å². The average molecular weight is 278 g/mol. The highest BCUT2D eigenvalue weighted by atomic mass is 16.7. The van der Waals surface area contributed by atoms with Crippen molar-refractivity contribution in [3.05, 3.63) is 24.5 Å². The zero-order valence-corrected chi connectivity index (χ0v) is 11.6. The molecule has 0 spiro atoms. The number of rotatable bonds is 5. The minimum absolute atomic E-state index is 0.102. The van der Waals surface area contributed by atoms with Crippen LogP contribution in [0.2, 0.25) is 0 Å². The van der Waals surface area contributed by atoms with Gasteiger partial charge in [-0.15, -0.1) is 5.06 Å². The average Bonchev–Trinajstić information content (AvgIpc) is 3.01. The number of carbonyl (C=O) groups is 3. The van der Waals surface area contributed by atoms with Gasteiger partial charge in [0.2, 0.25) is 0 Å². The molecule has 1 aliphatic heterocycles. The van der Waals surface area contributed by atoms with Gasteiger partial charge in [0.15, 0.2) is 0 Å². The van der Waals surface area contributed by atoms with Crippen LogP contribution in [0.25, 0.3) is 0 Å². The van der Waals surface area contributed by atoms with Crippen molar-refractivity contribution in [2.75, 3.05) is 0 Å². The minimum atomic E-state index is -0.585. The number of nitrogens with zero attached hydrogens (tertiary/aromatic N) is 2. The van der Waals surface area contributed by atoms with Crippen LogP contribution in [0.4, 0.5) is 0 Å². The van der Waals surface area contributed by atoms with Crippen LogP contribution in [-0.2, 0) is 19.2 Å². The molecule has 2 amide bonds. The van der Waals surface area contributed by atoms with Crippen LogP contribution in [0.5, 0.6) is 0 Å². The molecule has 2 heterocycles. The lowest BCUT2D eigenvalue weighted by Gasteiger charge is -2.21. The third-order valence-corrected chi connectivity index (χ3v) is 3.14. The van der Waals surface area contributed by atoms with Crippen LogP contribution in [0, 0.1) is 5.92 Å². The first-order chi connectivity index (χ1) is 9.49. The number of amides is 2. The van der Waals surface area contributed by atoms with Crippen LogP contribution < -0.4 is 0 Å². The van der Waals surface area contributed by atoms with E-state index in [0.717, 1.165) is 0 Å². The summed E-state index contributed by atoms with van der Waals surface area (Å²) in [6, 6.07) is 3.09. The Hall–Kier alpha value is -2.11. The predicted molar refractivity (Wildman–Crippen MR) is 70.1 cm³/mol. The molecule has 20 heavy (non-hydrogen) atoms. The lowest BCUT2D eigenvalue weighted by atomic mass is 10.0. The summed E-state index contributed by atoms with van der Waals surface area (Å²) in [5.74, 6) is -1.23. The van der Waals surface area contributed by atoms with Crippen LogP contribution in [-0.4, -0.2) is 27.4 Å². The molecule has 1 aliphatic rings. The Labute approximate surface area is 117 Å². The molecule has 1 aromatic rings. The van der Waals surface area contributed by atoms with Gasteiger partial charge in [-0.2, -0.15) is 0 Å². The topological polar surface area (TPSA) is 68.6 Å². The summed E-state index contributed by atoms with van der Waals surface area (Å²) >= 11 is 0. The molecule has 0 bridgehead atoms.